The van der Waals surface area contributed by atoms with Gasteiger partial charge in [-0.3, -0.25) is 0 Å². The van der Waals surface area contributed by atoms with Gasteiger partial charge in [0.1, 0.15) is 11.6 Å². The van der Waals surface area contributed by atoms with Crippen molar-refractivity contribution in [3.8, 4) is 0 Å². The fourth-order valence-corrected chi connectivity index (χ4v) is 2.04. The van der Waals surface area contributed by atoms with Crippen molar-refractivity contribution < 1.29 is 5.11 Å². The minimum atomic E-state index is -0.668. The van der Waals surface area contributed by atoms with Crippen molar-refractivity contribution in [2.24, 2.45) is 0 Å². The van der Waals surface area contributed by atoms with Crippen molar-refractivity contribution in [3.63, 3.8) is 0 Å². The van der Waals surface area contributed by atoms with Gasteiger partial charge in [0, 0.05) is 11.8 Å². The fourth-order valence-electron chi connectivity index (χ4n) is 0.919. The molecule has 1 rings (SSSR count). The summed E-state index contributed by atoms with van der Waals surface area (Å²) in [5.74, 6) is 1.47. The highest BCUT2D eigenvalue weighted by Gasteiger charge is 2.12. The number of aliphatic hydroxyl groups is 1. The van der Waals surface area contributed by atoms with Gasteiger partial charge < -0.3 is 16.6 Å². The van der Waals surface area contributed by atoms with E-state index in [1.807, 2.05) is 0 Å². The number of nitrogens with zero attached hydrogens (tertiary/aromatic N) is 2. The number of nitrogens with two attached hydrogens (primary N) is 2. The number of nitrogen functional groups attached to an aromatic ring is 2. The summed E-state index contributed by atoms with van der Waals surface area (Å²) in [6.07, 6.45) is 0.662. The SMILES string of the molecule is CC(C)(O)CCSc1nc(N)cc(N)n1. The second-order valence-electron chi connectivity index (χ2n) is 3.91. The van der Waals surface area contributed by atoms with Crippen molar-refractivity contribution in [2.75, 3.05) is 17.2 Å². The molecule has 0 unspecified atom stereocenters. The number of aromatic nitrogens is 2. The summed E-state index contributed by atoms with van der Waals surface area (Å²) in [6.45, 7) is 3.53. The summed E-state index contributed by atoms with van der Waals surface area (Å²) in [4.78, 5) is 8.04. The molecule has 0 amide bonds. The molecule has 0 fully saturated rings. The third-order valence-electron chi connectivity index (χ3n) is 1.69. The van der Waals surface area contributed by atoms with Gasteiger partial charge in [0.2, 0.25) is 0 Å². The topological polar surface area (TPSA) is 98.0 Å². The molecule has 6 heteroatoms. The van der Waals surface area contributed by atoms with E-state index in [1.165, 1.54) is 17.8 Å². The van der Waals surface area contributed by atoms with E-state index < -0.39 is 5.60 Å². The van der Waals surface area contributed by atoms with Crippen molar-refractivity contribution in [1.82, 2.24) is 9.97 Å². The third-order valence-corrected chi connectivity index (χ3v) is 2.54. The minimum absolute atomic E-state index is 0.369. The van der Waals surface area contributed by atoms with Gasteiger partial charge in [0.25, 0.3) is 0 Å². The monoisotopic (exact) mass is 228 g/mol. The minimum Gasteiger partial charge on any atom is -0.390 e. The lowest BCUT2D eigenvalue weighted by molar-refractivity contribution is 0.0777. The van der Waals surface area contributed by atoms with Crippen molar-refractivity contribution in [3.05, 3.63) is 6.07 Å². The summed E-state index contributed by atoms with van der Waals surface area (Å²) in [7, 11) is 0. The van der Waals surface area contributed by atoms with Gasteiger partial charge in [-0.15, -0.1) is 0 Å². The lowest BCUT2D eigenvalue weighted by atomic mass is 10.1. The van der Waals surface area contributed by atoms with Crippen LogP contribution in [0, 0.1) is 0 Å². The number of hydrogen-bond donors (Lipinski definition) is 3. The van der Waals surface area contributed by atoms with Crippen LogP contribution >= 0.6 is 11.8 Å². The maximum Gasteiger partial charge on any atom is 0.191 e. The molecular weight excluding hydrogens is 212 g/mol. The highest BCUT2D eigenvalue weighted by molar-refractivity contribution is 7.99. The van der Waals surface area contributed by atoms with E-state index in [0.29, 0.717) is 23.2 Å². The molecule has 0 aliphatic carbocycles. The zero-order valence-electron chi connectivity index (χ0n) is 8.90. The van der Waals surface area contributed by atoms with Crippen molar-refractivity contribution in [1.29, 1.82) is 0 Å². The van der Waals surface area contributed by atoms with E-state index in [4.69, 9.17) is 11.5 Å². The molecule has 84 valence electrons. The molecular formula is C9H16N4OS. The van der Waals surface area contributed by atoms with Gasteiger partial charge in [-0.1, -0.05) is 11.8 Å². The van der Waals surface area contributed by atoms with Gasteiger partial charge in [0.05, 0.1) is 5.60 Å². The van der Waals surface area contributed by atoms with Gasteiger partial charge in [-0.2, -0.15) is 0 Å². The van der Waals surface area contributed by atoms with Gasteiger partial charge in [0.15, 0.2) is 5.16 Å². The first-order chi connectivity index (χ1) is 6.87. The van der Waals surface area contributed by atoms with E-state index in [1.54, 1.807) is 13.8 Å². The summed E-state index contributed by atoms with van der Waals surface area (Å²) >= 11 is 1.43. The summed E-state index contributed by atoms with van der Waals surface area (Å²) in [5, 5.41) is 10.1. The predicted molar refractivity (Wildman–Crippen MR) is 62.5 cm³/mol. The second kappa shape index (κ2) is 4.67. The van der Waals surface area contributed by atoms with Gasteiger partial charge in [-0.25, -0.2) is 9.97 Å². The van der Waals surface area contributed by atoms with Crippen LogP contribution in [0.3, 0.4) is 0 Å². The highest BCUT2D eigenvalue weighted by Crippen LogP contribution is 2.20. The molecule has 0 saturated carbocycles. The number of hydrogen-bond acceptors (Lipinski definition) is 6. The standard InChI is InChI=1S/C9H16N4OS/c1-9(2,14)3-4-15-8-12-6(10)5-7(11)13-8/h5,14H,3-4H2,1-2H3,(H4,10,11,12,13). The first-order valence-corrected chi connectivity index (χ1v) is 5.60. The van der Waals surface area contributed by atoms with Crippen molar-refractivity contribution in [2.45, 2.75) is 31.0 Å². The Balaban J connectivity index is 2.51. The van der Waals surface area contributed by atoms with Crippen LogP contribution < -0.4 is 11.5 Å². The largest absolute Gasteiger partial charge is 0.390 e. The smallest absolute Gasteiger partial charge is 0.191 e. The van der Waals surface area contributed by atoms with Crippen LogP contribution in [0.1, 0.15) is 20.3 Å². The molecule has 5 nitrogen and oxygen atoms in total. The predicted octanol–water partition coefficient (Wildman–Crippen LogP) is 0.894. The molecule has 1 heterocycles. The Labute approximate surface area is 93.3 Å². The Hall–Kier alpha value is -1.01. The van der Waals surface area contributed by atoms with Crippen LogP contribution in [0.5, 0.6) is 0 Å². The Morgan fingerprint density at radius 3 is 2.33 bits per heavy atom. The summed E-state index contributed by atoms with van der Waals surface area (Å²) in [5.41, 5.74) is 10.4. The maximum absolute atomic E-state index is 9.50. The van der Waals surface area contributed by atoms with E-state index in [9.17, 15) is 5.11 Å². The zero-order chi connectivity index (χ0) is 11.5. The van der Waals surface area contributed by atoms with Crippen LogP contribution in [0.25, 0.3) is 0 Å². The maximum atomic E-state index is 9.50. The molecule has 0 bridgehead atoms. The zero-order valence-corrected chi connectivity index (χ0v) is 9.71. The van der Waals surface area contributed by atoms with E-state index in [2.05, 4.69) is 9.97 Å². The molecule has 0 aliphatic rings. The van der Waals surface area contributed by atoms with Crippen molar-refractivity contribution >= 4 is 23.4 Å². The van der Waals surface area contributed by atoms with E-state index in [0.717, 1.165) is 5.75 Å². The summed E-state index contributed by atoms with van der Waals surface area (Å²) in [6, 6.07) is 1.51. The van der Waals surface area contributed by atoms with Gasteiger partial charge >= 0.3 is 0 Å². The Morgan fingerprint density at radius 2 is 1.87 bits per heavy atom. The quantitative estimate of drug-likeness (QED) is 0.523. The number of thioether (sulfide) groups is 1. The summed E-state index contributed by atoms with van der Waals surface area (Å²) < 4.78 is 0. The molecule has 1 aromatic rings. The average molecular weight is 228 g/mol. The third kappa shape index (κ3) is 4.85. The molecule has 0 saturated heterocycles. The Bertz CT molecular complexity index is 317. The molecule has 5 N–H and O–H groups in total. The molecule has 0 aliphatic heterocycles. The van der Waals surface area contributed by atoms with Crippen LogP contribution in [0.2, 0.25) is 0 Å². The molecule has 0 atom stereocenters. The first-order valence-electron chi connectivity index (χ1n) is 4.62. The molecule has 0 aromatic carbocycles. The lowest BCUT2D eigenvalue weighted by Gasteiger charge is -2.15. The second-order valence-corrected chi connectivity index (χ2v) is 4.97. The lowest BCUT2D eigenvalue weighted by Crippen LogP contribution is -2.19. The van der Waals surface area contributed by atoms with E-state index in [-0.39, 0.29) is 0 Å². The molecule has 0 spiro atoms. The molecule has 1 aromatic heterocycles. The van der Waals surface area contributed by atoms with Gasteiger partial charge in [-0.05, 0) is 20.3 Å². The molecule has 0 radical (unpaired) electrons. The normalized spacial score (nSPS) is 11.7. The highest BCUT2D eigenvalue weighted by atomic mass is 32.2. The Kier molecular flexibility index (Phi) is 3.76. The number of anilines is 2. The van der Waals surface area contributed by atoms with Crippen LogP contribution in [0.4, 0.5) is 11.6 Å². The molecule has 15 heavy (non-hydrogen) atoms. The van der Waals surface area contributed by atoms with Crippen LogP contribution in [-0.4, -0.2) is 26.4 Å². The van der Waals surface area contributed by atoms with Crippen LogP contribution in [-0.2, 0) is 0 Å². The first kappa shape index (κ1) is 12.1. The van der Waals surface area contributed by atoms with E-state index >= 15 is 0 Å². The fraction of sp³-hybridized carbons (Fsp3) is 0.556. The average Bonchev–Trinajstić information content (AvgIpc) is 1.99. The van der Waals surface area contributed by atoms with Crippen LogP contribution in [0.15, 0.2) is 11.2 Å². The number of rotatable bonds is 4. The Morgan fingerprint density at radius 1 is 1.33 bits per heavy atom.